The minimum atomic E-state index is 1.34. The van der Waals surface area contributed by atoms with E-state index in [4.69, 9.17) is 0 Å². The van der Waals surface area contributed by atoms with Crippen LogP contribution in [0.15, 0.2) is 0 Å². The molecule has 0 aliphatic rings. The van der Waals surface area contributed by atoms with Gasteiger partial charge in [0.15, 0.2) is 0 Å². The summed E-state index contributed by atoms with van der Waals surface area (Å²) in [4.78, 5) is 0. The highest BCUT2D eigenvalue weighted by atomic mass is 15.3. The molecule has 0 bridgehead atoms. The molecule has 0 spiro atoms. The number of rotatable bonds is 11. The molecule has 0 N–H and O–H groups in total. The quantitative estimate of drug-likeness (QED) is 0.358. The van der Waals surface area contributed by atoms with Gasteiger partial charge in [-0.15, -0.1) is 0 Å². The fourth-order valence-electron chi connectivity index (χ4n) is 2.97. The Morgan fingerprint density at radius 1 is 0.500 bits per heavy atom. The van der Waals surface area contributed by atoms with Crippen LogP contribution < -0.4 is 0 Å². The van der Waals surface area contributed by atoms with Crippen molar-refractivity contribution in [2.24, 2.45) is 0 Å². The van der Waals surface area contributed by atoms with Crippen molar-refractivity contribution in [3.8, 4) is 0 Å². The third-order valence-electron chi connectivity index (χ3n) is 3.58. The van der Waals surface area contributed by atoms with Gasteiger partial charge in [0.1, 0.15) is 0 Å². The summed E-state index contributed by atoms with van der Waals surface area (Å²) < 4.78 is 1.40. The summed E-state index contributed by atoms with van der Waals surface area (Å²) in [7, 11) is 0. The van der Waals surface area contributed by atoms with Crippen molar-refractivity contribution >= 4 is 0 Å². The van der Waals surface area contributed by atoms with Crippen molar-refractivity contribution in [2.45, 2.75) is 72.6 Å². The highest BCUT2D eigenvalue weighted by molar-refractivity contribution is 4.47. The Morgan fingerprint density at radius 3 is 1.38 bits per heavy atom. The first-order valence-electron chi connectivity index (χ1n) is 7.59. The Hall–Kier alpha value is -0.0400. The van der Waals surface area contributed by atoms with Crippen LogP contribution in [0.25, 0.3) is 0 Å². The standard InChI is InChI=1S/C15H34N/c1-5-9-10-11-15-16(12-6-2,13-7-3)14-8-4/h5-15H2,1-4H3/q+1. The third kappa shape index (κ3) is 6.52. The van der Waals surface area contributed by atoms with E-state index in [1.54, 1.807) is 0 Å². The molecule has 0 saturated heterocycles. The lowest BCUT2D eigenvalue weighted by Crippen LogP contribution is -2.50. The maximum absolute atomic E-state index is 2.34. The van der Waals surface area contributed by atoms with Crippen LogP contribution in [0, 0.1) is 0 Å². The van der Waals surface area contributed by atoms with Gasteiger partial charge >= 0.3 is 0 Å². The molecule has 0 aromatic heterocycles. The van der Waals surface area contributed by atoms with Gasteiger partial charge in [-0.2, -0.15) is 0 Å². The summed E-state index contributed by atoms with van der Waals surface area (Å²) >= 11 is 0. The Morgan fingerprint density at radius 2 is 1.00 bits per heavy atom. The zero-order chi connectivity index (χ0) is 12.3. The summed E-state index contributed by atoms with van der Waals surface area (Å²) in [6, 6.07) is 0. The molecule has 0 aliphatic heterocycles. The lowest BCUT2D eigenvalue weighted by atomic mass is 10.1. The summed E-state index contributed by atoms with van der Waals surface area (Å²) in [5, 5.41) is 0. The van der Waals surface area contributed by atoms with E-state index in [0.29, 0.717) is 0 Å². The summed E-state index contributed by atoms with van der Waals surface area (Å²) in [6.07, 6.45) is 9.68. The Kier molecular flexibility index (Phi) is 10.1. The molecule has 0 aliphatic carbocycles. The van der Waals surface area contributed by atoms with Crippen LogP contribution in [0.5, 0.6) is 0 Å². The van der Waals surface area contributed by atoms with Crippen molar-refractivity contribution in [1.82, 2.24) is 0 Å². The van der Waals surface area contributed by atoms with E-state index >= 15 is 0 Å². The van der Waals surface area contributed by atoms with Crippen molar-refractivity contribution in [2.75, 3.05) is 26.2 Å². The molecule has 0 amide bonds. The molecule has 0 radical (unpaired) electrons. The first kappa shape index (κ1) is 16.0. The molecule has 16 heavy (non-hydrogen) atoms. The van der Waals surface area contributed by atoms with Crippen molar-refractivity contribution in [3.63, 3.8) is 0 Å². The van der Waals surface area contributed by atoms with Gasteiger partial charge in [-0.3, -0.25) is 0 Å². The second-order valence-electron chi connectivity index (χ2n) is 5.30. The molecule has 0 saturated carbocycles. The zero-order valence-corrected chi connectivity index (χ0v) is 12.2. The summed E-state index contributed by atoms with van der Waals surface area (Å²) in [5.74, 6) is 0. The van der Waals surface area contributed by atoms with Crippen LogP contribution in [0.3, 0.4) is 0 Å². The predicted molar refractivity (Wildman–Crippen MR) is 74.7 cm³/mol. The molecule has 1 nitrogen and oxygen atoms in total. The monoisotopic (exact) mass is 228 g/mol. The largest absolute Gasteiger partial charge is 0.324 e. The molecule has 0 aromatic rings. The lowest BCUT2D eigenvalue weighted by molar-refractivity contribution is -0.928. The number of quaternary nitrogens is 1. The Balaban J connectivity index is 4.12. The van der Waals surface area contributed by atoms with Gasteiger partial charge in [0.05, 0.1) is 26.2 Å². The van der Waals surface area contributed by atoms with Gasteiger partial charge in [0, 0.05) is 0 Å². The van der Waals surface area contributed by atoms with Crippen LogP contribution >= 0.6 is 0 Å². The van der Waals surface area contributed by atoms with E-state index < -0.39 is 0 Å². The van der Waals surface area contributed by atoms with E-state index in [1.807, 2.05) is 0 Å². The molecule has 0 atom stereocenters. The summed E-state index contributed by atoms with van der Waals surface area (Å²) in [6.45, 7) is 14.9. The molecular weight excluding hydrogens is 194 g/mol. The summed E-state index contributed by atoms with van der Waals surface area (Å²) in [5.41, 5.74) is 0. The zero-order valence-electron chi connectivity index (χ0n) is 12.2. The van der Waals surface area contributed by atoms with Crippen molar-refractivity contribution in [1.29, 1.82) is 0 Å². The van der Waals surface area contributed by atoms with Crippen LogP contribution in [0.2, 0.25) is 0 Å². The van der Waals surface area contributed by atoms with Crippen LogP contribution in [0.4, 0.5) is 0 Å². The average molecular weight is 228 g/mol. The fourth-order valence-corrected chi connectivity index (χ4v) is 2.97. The highest BCUT2D eigenvalue weighted by Crippen LogP contribution is 2.14. The lowest BCUT2D eigenvalue weighted by Gasteiger charge is -2.38. The van der Waals surface area contributed by atoms with E-state index in [-0.39, 0.29) is 0 Å². The molecular formula is C15H34N+. The minimum Gasteiger partial charge on any atom is -0.324 e. The Labute approximate surface area is 104 Å². The molecule has 98 valence electrons. The first-order chi connectivity index (χ1) is 7.74. The van der Waals surface area contributed by atoms with E-state index in [0.717, 1.165) is 0 Å². The van der Waals surface area contributed by atoms with Gasteiger partial charge in [0.25, 0.3) is 0 Å². The van der Waals surface area contributed by atoms with Crippen LogP contribution in [-0.4, -0.2) is 30.7 Å². The molecule has 0 aromatic carbocycles. The van der Waals surface area contributed by atoms with Crippen molar-refractivity contribution in [3.05, 3.63) is 0 Å². The van der Waals surface area contributed by atoms with Gasteiger partial charge in [0.2, 0.25) is 0 Å². The molecule has 1 heteroatoms. The highest BCUT2D eigenvalue weighted by Gasteiger charge is 2.23. The van der Waals surface area contributed by atoms with Crippen LogP contribution in [-0.2, 0) is 0 Å². The van der Waals surface area contributed by atoms with E-state index in [9.17, 15) is 0 Å². The smallest absolute Gasteiger partial charge is 0.0786 e. The fraction of sp³-hybridized carbons (Fsp3) is 1.00. The van der Waals surface area contributed by atoms with E-state index in [1.165, 1.54) is 75.6 Å². The van der Waals surface area contributed by atoms with Crippen molar-refractivity contribution < 1.29 is 4.48 Å². The number of nitrogens with zero attached hydrogens (tertiary/aromatic N) is 1. The second kappa shape index (κ2) is 10.1. The van der Waals surface area contributed by atoms with Gasteiger partial charge in [-0.05, 0) is 32.1 Å². The van der Waals surface area contributed by atoms with Crippen LogP contribution in [0.1, 0.15) is 72.6 Å². The SMILES string of the molecule is CCCCCC[N+](CCC)(CCC)CCC. The normalized spacial score (nSPS) is 12.0. The average Bonchev–Trinajstić information content (AvgIpc) is 2.26. The van der Waals surface area contributed by atoms with Gasteiger partial charge in [-0.25, -0.2) is 0 Å². The molecule has 0 fully saturated rings. The second-order valence-corrected chi connectivity index (χ2v) is 5.30. The first-order valence-corrected chi connectivity index (χ1v) is 7.59. The molecule has 0 heterocycles. The third-order valence-corrected chi connectivity index (χ3v) is 3.58. The maximum Gasteiger partial charge on any atom is 0.0786 e. The number of hydrogen-bond donors (Lipinski definition) is 0. The number of hydrogen-bond acceptors (Lipinski definition) is 0. The maximum atomic E-state index is 2.34. The molecule has 0 unspecified atom stereocenters. The van der Waals surface area contributed by atoms with Gasteiger partial charge < -0.3 is 4.48 Å². The Bertz CT molecular complexity index is 125. The molecule has 0 rings (SSSR count). The minimum absolute atomic E-state index is 1.34. The number of unbranched alkanes of at least 4 members (excludes halogenated alkanes) is 3. The van der Waals surface area contributed by atoms with E-state index in [2.05, 4.69) is 27.7 Å². The predicted octanol–water partition coefficient (Wildman–Crippen LogP) is 4.61. The van der Waals surface area contributed by atoms with Gasteiger partial charge in [-0.1, -0.05) is 40.5 Å². The topological polar surface area (TPSA) is 0 Å².